The molecule has 0 radical (unpaired) electrons. The second-order valence-corrected chi connectivity index (χ2v) is 8.67. The third kappa shape index (κ3) is 3.91. The quantitative estimate of drug-likeness (QED) is 0.751. The van der Waals surface area contributed by atoms with Crippen molar-refractivity contribution in [2.75, 3.05) is 25.6 Å². The third-order valence-electron chi connectivity index (χ3n) is 3.68. The molecule has 1 N–H and O–H groups in total. The van der Waals surface area contributed by atoms with Crippen LogP contribution in [0.2, 0.25) is 0 Å². The van der Waals surface area contributed by atoms with E-state index in [4.69, 9.17) is 21.1 Å². The van der Waals surface area contributed by atoms with Crippen LogP contribution in [-0.2, 0) is 14.6 Å². The van der Waals surface area contributed by atoms with E-state index in [0.717, 1.165) is 0 Å². The molecule has 6 nitrogen and oxygen atoms in total. The number of amides is 1. The molecule has 1 aliphatic rings. The van der Waals surface area contributed by atoms with Crippen LogP contribution in [0.5, 0.6) is 11.5 Å². The number of carbonyl (C=O) groups is 1. The van der Waals surface area contributed by atoms with Crippen molar-refractivity contribution in [1.29, 1.82) is 0 Å². The standard InChI is InChI=1S/C16H16ClNO5S2/c17-9-16(19)18-10-15(14-2-1-7-24-14)25(20,21)11-3-4-12-13(8-11)23-6-5-22-12/h1-4,7-8,15H,5-6,9-10H2,(H,18,19)/t15-/m0/s1. The van der Waals surface area contributed by atoms with Crippen LogP contribution in [0.4, 0.5) is 0 Å². The molecule has 1 aromatic carbocycles. The molecule has 0 spiro atoms. The van der Waals surface area contributed by atoms with Gasteiger partial charge in [0.2, 0.25) is 5.91 Å². The van der Waals surface area contributed by atoms with E-state index in [1.165, 1.54) is 23.5 Å². The highest BCUT2D eigenvalue weighted by atomic mass is 35.5. The molecule has 3 rings (SSSR count). The SMILES string of the molecule is O=C(CCl)NC[C@@H](c1cccs1)S(=O)(=O)c1ccc2c(c1)OCCO2. The summed E-state index contributed by atoms with van der Waals surface area (Å²) >= 11 is 6.80. The Hall–Kier alpha value is -1.77. The number of ether oxygens (including phenoxy) is 2. The van der Waals surface area contributed by atoms with Gasteiger partial charge in [0.25, 0.3) is 0 Å². The maximum absolute atomic E-state index is 13.1. The largest absolute Gasteiger partial charge is 0.486 e. The smallest absolute Gasteiger partial charge is 0.234 e. The zero-order valence-corrected chi connectivity index (χ0v) is 15.5. The zero-order valence-electron chi connectivity index (χ0n) is 13.1. The normalized spacial score (nSPS) is 14.8. The van der Waals surface area contributed by atoms with Crippen LogP contribution in [0, 0.1) is 0 Å². The third-order valence-corrected chi connectivity index (χ3v) is 7.14. The summed E-state index contributed by atoms with van der Waals surface area (Å²) < 4.78 is 37.2. The van der Waals surface area contributed by atoms with Gasteiger partial charge in [-0.2, -0.15) is 0 Å². The summed E-state index contributed by atoms with van der Waals surface area (Å²) in [6.45, 7) is 0.751. The van der Waals surface area contributed by atoms with Gasteiger partial charge < -0.3 is 14.8 Å². The summed E-state index contributed by atoms with van der Waals surface area (Å²) in [7, 11) is -3.74. The fourth-order valence-corrected chi connectivity index (χ4v) is 5.35. The first-order chi connectivity index (χ1) is 12.0. The van der Waals surface area contributed by atoms with Crippen molar-refractivity contribution in [2.24, 2.45) is 0 Å². The Morgan fingerprint density at radius 2 is 2.00 bits per heavy atom. The van der Waals surface area contributed by atoms with Gasteiger partial charge in [-0.05, 0) is 23.6 Å². The molecule has 0 unspecified atom stereocenters. The van der Waals surface area contributed by atoms with Crippen molar-refractivity contribution in [1.82, 2.24) is 5.32 Å². The van der Waals surface area contributed by atoms with E-state index >= 15 is 0 Å². The van der Waals surface area contributed by atoms with Crippen LogP contribution in [0.25, 0.3) is 0 Å². The number of thiophene rings is 1. The summed E-state index contributed by atoms with van der Waals surface area (Å²) in [5.74, 6) is 0.289. The van der Waals surface area contributed by atoms with Crippen molar-refractivity contribution < 1.29 is 22.7 Å². The van der Waals surface area contributed by atoms with E-state index in [1.807, 2.05) is 0 Å². The van der Waals surface area contributed by atoms with Crippen LogP contribution >= 0.6 is 22.9 Å². The topological polar surface area (TPSA) is 81.7 Å². The maximum Gasteiger partial charge on any atom is 0.234 e. The Morgan fingerprint density at radius 1 is 1.24 bits per heavy atom. The fourth-order valence-electron chi connectivity index (χ4n) is 2.46. The summed E-state index contributed by atoms with van der Waals surface area (Å²) in [5, 5.41) is 3.46. The number of nitrogens with one attached hydrogen (secondary N) is 1. The van der Waals surface area contributed by atoms with E-state index in [9.17, 15) is 13.2 Å². The number of carbonyl (C=O) groups excluding carboxylic acids is 1. The lowest BCUT2D eigenvalue weighted by Gasteiger charge is -2.21. The van der Waals surface area contributed by atoms with Crippen LogP contribution in [0.15, 0.2) is 40.6 Å². The van der Waals surface area contributed by atoms with E-state index in [0.29, 0.717) is 29.6 Å². The van der Waals surface area contributed by atoms with Crippen LogP contribution in [0.1, 0.15) is 10.1 Å². The lowest BCUT2D eigenvalue weighted by atomic mass is 10.3. The Balaban J connectivity index is 1.94. The number of benzene rings is 1. The fraction of sp³-hybridized carbons (Fsp3) is 0.312. The Kier molecular flexibility index (Phi) is 5.51. The molecule has 1 aromatic heterocycles. The molecule has 1 aliphatic heterocycles. The predicted molar refractivity (Wildman–Crippen MR) is 95.4 cm³/mol. The van der Waals surface area contributed by atoms with E-state index in [-0.39, 0.29) is 17.3 Å². The van der Waals surface area contributed by atoms with Gasteiger partial charge in [-0.3, -0.25) is 4.79 Å². The van der Waals surface area contributed by atoms with Crippen molar-refractivity contribution in [3.8, 4) is 11.5 Å². The van der Waals surface area contributed by atoms with Gasteiger partial charge in [0.05, 0.1) is 4.90 Å². The second-order valence-electron chi connectivity index (χ2n) is 5.29. The number of rotatable bonds is 6. The zero-order chi connectivity index (χ0) is 17.9. The molecular formula is C16H16ClNO5S2. The van der Waals surface area contributed by atoms with Crippen LogP contribution in [-0.4, -0.2) is 40.0 Å². The number of hydrogen-bond acceptors (Lipinski definition) is 6. The van der Waals surface area contributed by atoms with Gasteiger partial charge in [0.15, 0.2) is 21.3 Å². The van der Waals surface area contributed by atoms with Gasteiger partial charge in [-0.15, -0.1) is 22.9 Å². The highest BCUT2D eigenvalue weighted by Crippen LogP contribution is 2.37. The van der Waals surface area contributed by atoms with Gasteiger partial charge in [-0.1, -0.05) is 6.07 Å². The molecule has 9 heteroatoms. The molecule has 2 heterocycles. The Labute approximate surface area is 154 Å². The molecule has 25 heavy (non-hydrogen) atoms. The monoisotopic (exact) mass is 401 g/mol. The molecule has 0 saturated heterocycles. The van der Waals surface area contributed by atoms with Gasteiger partial charge >= 0.3 is 0 Å². The van der Waals surface area contributed by atoms with Gasteiger partial charge in [-0.25, -0.2) is 8.42 Å². The molecule has 0 aliphatic carbocycles. The number of sulfone groups is 1. The molecule has 0 bridgehead atoms. The number of alkyl halides is 1. The molecule has 1 atom stereocenters. The second kappa shape index (κ2) is 7.63. The van der Waals surface area contributed by atoms with E-state index in [2.05, 4.69) is 5.32 Å². The first kappa shape index (κ1) is 18.0. The first-order valence-electron chi connectivity index (χ1n) is 7.52. The molecule has 0 fully saturated rings. The molecule has 134 valence electrons. The highest BCUT2D eigenvalue weighted by Gasteiger charge is 2.31. The average molecular weight is 402 g/mol. The Bertz CT molecular complexity index is 851. The summed E-state index contributed by atoms with van der Waals surface area (Å²) in [6.07, 6.45) is 0. The van der Waals surface area contributed by atoms with Crippen LogP contribution in [0.3, 0.4) is 0 Å². The minimum atomic E-state index is -3.74. The minimum Gasteiger partial charge on any atom is -0.486 e. The van der Waals surface area contributed by atoms with Crippen LogP contribution < -0.4 is 14.8 Å². The van der Waals surface area contributed by atoms with Crippen molar-refractivity contribution in [2.45, 2.75) is 10.1 Å². The molecule has 1 amide bonds. The number of hydrogen-bond donors (Lipinski definition) is 1. The lowest BCUT2D eigenvalue weighted by molar-refractivity contribution is -0.118. The lowest BCUT2D eigenvalue weighted by Crippen LogP contribution is -2.32. The highest BCUT2D eigenvalue weighted by molar-refractivity contribution is 7.91. The summed E-state index contributed by atoms with van der Waals surface area (Å²) in [4.78, 5) is 12.2. The number of fused-ring (bicyclic) bond motifs is 1. The summed E-state index contributed by atoms with van der Waals surface area (Å²) in [6, 6.07) is 8.05. The van der Waals surface area contributed by atoms with Crippen molar-refractivity contribution in [3.63, 3.8) is 0 Å². The molecule has 2 aromatic rings. The molecule has 0 saturated carbocycles. The minimum absolute atomic E-state index is 0.0527. The number of halogens is 1. The molecular weight excluding hydrogens is 386 g/mol. The van der Waals surface area contributed by atoms with Crippen molar-refractivity contribution in [3.05, 3.63) is 40.6 Å². The average Bonchev–Trinajstić information content (AvgIpc) is 3.15. The van der Waals surface area contributed by atoms with Gasteiger partial charge in [0, 0.05) is 17.5 Å². The van der Waals surface area contributed by atoms with E-state index in [1.54, 1.807) is 23.6 Å². The van der Waals surface area contributed by atoms with Gasteiger partial charge in [0.1, 0.15) is 24.3 Å². The summed E-state index contributed by atoms with van der Waals surface area (Å²) in [5.41, 5.74) is 0. The first-order valence-corrected chi connectivity index (χ1v) is 10.5. The predicted octanol–water partition coefficient (Wildman–Crippen LogP) is 2.39. The van der Waals surface area contributed by atoms with E-state index < -0.39 is 21.0 Å². The maximum atomic E-state index is 13.1. The van der Waals surface area contributed by atoms with Crippen molar-refractivity contribution >= 4 is 38.7 Å². The Morgan fingerprint density at radius 3 is 2.68 bits per heavy atom.